The van der Waals surface area contributed by atoms with Crippen molar-refractivity contribution in [3.63, 3.8) is 0 Å². The van der Waals surface area contributed by atoms with Crippen LogP contribution in [0.1, 0.15) is 91.9 Å². The van der Waals surface area contributed by atoms with Gasteiger partial charge in [-0.2, -0.15) is 0 Å². The maximum Gasteiger partial charge on any atom is -0.0414 e. The average molecular weight is 252 g/mol. The summed E-state index contributed by atoms with van der Waals surface area (Å²) in [5, 5.41) is 0. The van der Waals surface area contributed by atoms with E-state index in [1.165, 1.54) is 64.2 Å². The molecule has 0 bridgehead atoms. The van der Waals surface area contributed by atoms with Crippen molar-refractivity contribution in [1.29, 1.82) is 0 Å². The number of hydrogen-bond donors (Lipinski definition) is 0. The number of hydrogen-bond acceptors (Lipinski definition) is 0. The van der Waals surface area contributed by atoms with Crippen molar-refractivity contribution in [2.75, 3.05) is 0 Å². The van der Waals surface area contributed by atoms with Crippen LogP contribution in [-0.4, -0.2) is 0 Å². The fourth-order valence-corrected chi connectivity index (χ4v) is 3.45. The molecule has 0 unspecified atom stereocenters. The SMILES string of the molecule is CC1CCC(C)CC1.CCCC1CCC(C)CC1. The fraction of sp³-hybridized carbons (Fsp3) is 1.00. The first-order valence-corrected chi connectivity index (χ1v) is 8.61. The molecular weight excluding hydrogens is 216 g/mol. The van der Waals surface area contributed by atoms with E-state index in [2.05, 4.69) is 27.7 Å². The molecule has 0 aromatic rings. The summed E-state index contributed by atoms with van der Waals surface area (Å²) < 4.78 is 0. The lowest BCUT2D eigenvalue weighted by Crippen LogP contribution is -2.11. The van der Waals surface area contributed by atoms with Gasteiger partial charge in [-0.25, -0.2) is 0 Å². The lowest BCUT2D eigenvalue weighted by Gasteiger charge is -2.25. The van der Waals surface area contributed by atoms with Crippen molar-refractivity contribution in [2.45, 2.75) is 91.9 Å². The second-order valence-electron chi connectivity index (χ2n) is 7.28. The summed E-state index contributed by atoms with van der Waals surface area (Å²) in [6.45, 7) is 9.43. The van der Waals surface area contributed by atoms with Crippen LogP contribution in [0.5, 0.6) is 0 Å². The second kappa shape index (κ2) is 8.99. The minimum Gasteiger partial charge on any atom is -0.0654 e. The third-order valence-electron chi connectivity index (χ3n) is 5.14. The Kier molecular flexibility index (Phi) is 8.02. The van der Waals surface area contributed by atoms with Gasteiger partial charge in [0.1, 0.15) is 0 Å². The van der Waals surface area contributed by atoms with Crippen LogP contribution >= 0.6 is 0 Å². The zero-order chi connectivity index (χ0) is 13.4. The van der Waals surface area contributed by atoms with Crippen molar-refractivity contribution in [1.82, 2.24) is 0 Å². The Bertz CT molecular complexity index is 170. The fourth-order valence-electron chi connectivity index (χ4n) is 3.45. The molecular formula is C18H36. The van der Waals surface area contributed by atoms with E-state index in [1.807, 2.05) is 0 Å². The molecule has 0 aromatic carbocycles. The van der Waals surface area contributed by atoms with Crippen molar-refractivity contribution in [3.8, 4) is 0 Å². The van der Waals surface area contributed by atoms with Crippen LogP contribution in [-0.2, 0) is 0 Å². The third kappa shape index (κ3) is 6.81. The van der Waals surface area contributed by atoms with Gasteiger partial charge >= 0.3 is 0 Å². The highest BCUT2D eigenvalue weighted by Gasteiger charge is 2.16. The number of rotatable bonds is 2. The summed E-state index contributed by atoms with van der Waals surface area (Å²) in [5.41, 5.74) is 0. The monoisotopic (exact) mass is 252 g/mol. The minimum absolute atomic E-state index is 1.02. The van der Waals surface area contributed by atoms with Gasteiger partial charge in [-0.1, -0.05) is 91.9 Å². The topological polar surface area (TPSA) is 0 Å². The quantitative estimate of drug-likeness (QED) is 0.530. The predicted molar refractivity (Wildman–Crippen MR) is 82.8 cm³/mol. The van der Waals surface area contributed by atoms with E-state index in [1.54, 1.807) is 0 Å². The molecule has 2 aliphatic rings. The van der Waals surface area contributed by atoms with Gasteiger partial charge in [0, 0.05) is 0 Å². The molecule has 0 heterocycles. The molecule has 2 aliphatic carbocycles. The molecule has 0 atom stereocenters. The summed E-state index contributed by atoms with van der Waals surface area (Å²) in [6, 6.07) is 0. The molecule has 2 fully saturated rings. The minimum atomic E-state index is 1.02. The van der Waals surface area contributed by atoms with Crippen LogP contribution in [0, 0.1) is 23.7 Å². The van der Waals surface area contributed by atoms with Crippen molar-refractivity contribution in [2.24, 2.45) is 23.7 Å². The average Bonchev–Trinajstić information content (AvgIpc) is 2.37. The lowest BCUT2D eigenvalue weighted by molar-refractivity contribution is 0.276. The van der Waals surface area contributed by atoms with E-state index in [0.29, 0.717) is 0 Å². The van der Waals surface area contributed by atoms with E-state index < -0.39 is 0 Å². The van der Waals surface area contributed by atoms with Gasteiger partial charge < -0.3 is 0 Å². The molecule has 0 radical (unpaired) electrons. The van der Waals surface area contributed by atoms with Crippen LogP contribution in [0.2, 0.25) is 0 Å². The predicted octanol–water partition coefficient (Wildman–Crippen LogP) is 6.45. The summed E-state index contributed by atoms with van der Waals surface area (Å²) in [7, 11) is 0. The molecule has 0 aromatic heterocycles. The molecule has 0 nitrogen and oxygen atoms in total. The second-order valence-corrected chi connectivity index (χ2v) is 7.28. The molecule has 0 heteroatoms. The van der Waals surface area contributed by atoms with Gasteiger partial charge in [0.05, 0.1) is 0 Å². The first-order chi connectivity index (χ1) is 8.61. The van der Waals surface area contributed by atoms with Crippen molar-refractivity contribution in [3.05, 3.63) is 0 Å². The van der Waals surface area contributed by atoms with Crippen LogP contribution in [0.25, 0.3) is 0 Å². The zero-order valence-corrected chi connectivity index (χ0v) is 13.4. The van der Waals surface area contributed by atoms with Crippen LogP contribution in [0.15, 0.2) is 0 Å². The van der Waals surface area contributed by atoms with Gasteiger partial charge in [-0.05, 0) is 23.7 Å². The van der Waals surface area contributed by atoms with E-state index in [9.17, 15) is 0 Å². The molecule has 0 saturated heterocycles. The highest BCUT2D eigenvalue weighted by Crippen LogP contribution is 2.30. The van der Waals surface area contributed by atoms with Crippen molar-refractivity contribution >= 4 is 0 Å². The van der Waals surface area contributed by atoms with E-state index in [-0.39, 0.29) is 0 Å². The molecule has 0 amide bonds. The molecule has 0 N–H and O–H groups in total. The first kappa shape index (κ1) is 16.1. The Hall–Kier alpha value is 0. The molecule has 2 saturated carbocycles. The summed E-state index contributed by atoms with van der Waals surface area (Å²) in [5.74, 6) is 4.15. The van der Waals surface area contributed by atoms with Crippen molar-refractivity contribution < 1.29 is 0 Å². The highest BCUT2D eigenvalue weighted by atomic mass is 14.2. The standard InChI is InChI=1S/C10H20.C8H16/c1-3-4-10-7-5-9(2)6-8-10;1-7-3-5-8(2)6-4-7/h9-10H,3-8H2,1-2H3;7-8H,3-6H2,1-2H3. The maximum atomic E-state index is 2.39. The Balaban J connectivity index is 0.000000184. The Morgan fingerprint density at radius 3 is 1.28 bits per heavy atom. The maximum absolute atomic E-state index is 2.39. The van der Waals surface area contributed by atoms with Crippen LogP contribution in [0.3, 0.4) is 0 Å². The normalized spacial score (nSPS) is 36.7. The highest BCUT2D eigenvalue weighted by molar-refractivity contribution is 4.69. The summed E-state index contributed by atoms with van der Waals surface area (Å²) >= 11 is 0. The molecule has 0 aliphatic heterocycles. The van der Waals surface area contributed by atoms with Gasteiger partial charge in [0.25, 0.3) is 0 Å². The van der Waals surface area contributed by atoms with E-state index in [0.717, 1.165) is 23.7 Å². The van der Waals surface area contributed by atoms with E-state index in [4.69, 9.17) is 0 Å². The third-order valence-corrected chi connectivity index (χ3v) is 5.14. The van der Waals surface area contributed by atoms with Gasteiger partial charge in [0.2, 0.25) is 0 Å². The smallest absolute Gasteiger partial charge is 0.0414 e. The van der Waals surface area contributed by atoms with Gasteiger partial charge in [-0.3, -0.25) is 0 Å². The van der Waals surface area contributed by atoms with Gasteiger partial charge in [-0.15, -0.1) is 0 Å². The van der Waals surface area contributed by atoms with Gasteiger partial charge in [0.15, 0.2) is 0 Å². The Morgan fingerprint density at radius 1 is 0.611 bits per heavy atom. The van der Waals surface area contributed by atoms with E-state index >= 15 is 0 Å². The van der Waals surface area contributed by atoms with Crippen LogP contribution in [0.4, 0.5) is 0 Å². The summed E-state index contributed by atoms with van der Waals surface area (Å²) in [6.07, 6.45) is 14.8. The molecule has 0 spiro atoms. The molecule has 2 rings (SSSR count). The molecule has 18 heavy (non-hydrogen) atoms. The lowest BCUT2D eigenvalue weighted by atomic mass is 9.81. The summed E-state index contributed by atoms with van der Waals surface area (Å²) in [4.78, 5) is 0. The molecule has 108 valence electrons. The Labute approximate surface area is 116 Å². The Morgan fingerprint density at radius 2 is 0.944 bits per heavy atom. The largest absolute Gasteiger partial charge is 0.0654 e. The van der Waals surface area contributed by atoms with Crippen LogP contribution < -0.4 is 0 Å². The zero-order valence-electron chi connectivity index (χ0n) is 13.4. The first-order valence-electron chi connectivity index (χ1n) is 8.61.